The minimum atomic E-state index is -4.51. The number of alkyl halides is 3. The fourth-order valence-electron chi connectivity index (χ4n) is 2.29. The molecule has 10 heteroatoms. The molecule has 0 spiro atoms. The van der Waals surface area contributed by atoms with Gasteiger partial charge in [0.05, 0.1) is 15.3 Å². The highest BCUT2D eigenvalue weighted by atomic mass is 35.5. The summed E-state index contributed by atoms with van der Waals surface area (Å²) < 4.78 is 39.4. The van der Waals surface area contributed by atoms with E-state index in [2.05, 4.69) is 10.3 Å². The van der Waals surface area contributed by atoms with E-state index in [0.717, 1.165) is 17.4 Å². The largest absolute Gasteiger partial charge is 0.505 e. The molecule has 0 saturated carbocycles. The number of rotatable bonds is 3. The lowest BCUT2D eigenvalue weighted by Gasteiger charge is -2.12. The van der Waals surface area contributed by atoms with Gasteiger partial charge in [-0.2, -0.15) is 13.2 Å². The molecule has 26 heavy (non-hydrogen) atoms. The van der Waals surface area contributed by atoms with E-state index in [9.17, 15) is 23.1 Å². The second kappa shape index (κ2) is 6.94. The number of phenols is 1. The van der Waals surface area contributed by atoms with Crippen molar-refractivity contribution in [1.29, 1.82) is 0 Å². The summed E-state index contributed by atoms with van der Waals surface area (Å²) in [6.45, 7) is -0.315. The minimum absolute atomic E-state index is 0.00643. The topological polar surface area (TPSA) is 62.2 Å². The first-order chi connectivity index (χ1) is 12.2. The molecule has 0 aliphatic heterocycles. The van der Waals surface area contributed by atoms with Crippen molar-refractivity contribution in [2.45, 2.75) is 12.7 Å². The lowest BCUT2D eigenvalue weighted by Crippen LogP contribution is -2.24. The molecule has 0 atom stereocenters. The number of aromatic nitrogens is 1. The summed E-state index contributed by atoms with van der Waals surface area (Å²) in [5.74, 6) is -1.01. The van der Waals surface area contributed by atoms with Crippen molar-refractivity contribution in [2.24, 2.45) is 0 Å². The molecule has 0 unspecified atom stereocenters. The predicted molar refractivity (Wildman–Crippen MR) is 93.9 cm³/mol. The fraction of sp³-hybridized carbons (Fsp3) is 0.125. The molecule has 1 amide bonds. The summed E-state index contributed by atoms with van der Waals surface area (Å²) >= 11 is 12.7. The van der Waals surface area contributed by atoms with Crippen LogP contribution in [0.25, 0.3) is 10.2 Å². The normalized spacial score (nSPS) is 11.7. The number of benzene rings is 2. The SMILES string of the molecule is O=C(NCc1ccccc1C(F)(F)F)c1nc2c(Cl)c(O)c(Cl)cc2s1. The Morgan fingerprint density at radius 2 is 1.96 bits per heavy atom. The van der Waals surface area contributed by atoms with E-state index < -0.39 is 17.6 Å². The van der Waals surface area contributed by atoms with E-state index in [-0.39, 0.29) is 38.4 Å². The maximum absolute atomic E-state index is 13.0. The zero-order chi connectivity index (χ0) is 19.1. The van der Waals surface area contributed by atoms with Crippen molar-refractivity contribution in [2.75, 3.05) is 0 Å². The molecule has 2 aromatic carbocycles. The summed E-state index contributed by atoms with van der Waals surface area (Å²) in [6.07, 6.45) is -4.51. The maximum atomic E-state index is 13.0. The molecule has 0 aliphatic rings. The van der Waals surface area contributed by atoms with E-state index >= 15 is 0 Å². The van der Waals surface area contributed by atoms with E-state index in [4.69, 9.17) is 23.2 Å². The van der Waals surface area contributed by atoms with Crippen LogP contribution in [0, 0.1) is 0 Å². The van der Waals surface area contributed by atoms with E-state index in [1.54, 1.807) is 0 Å². The molecule has 0 saturated heterocycles. The summed E-state index contributed by atoms with van der Waals surface area (Å²) in [7, 11) is 0. The molecule has 136 valence electrons. The monoisotopic (exact) mass is 420 g/mol. The van der Waals surface area contributed by atoms with Crippen molar-refractivity contribution in [3.8, 4) is 5.75 Å². The Labute approximate surface area is 159 Å². The second-order valence-electron chi connectivity index (χ2n) is 5.22. The van der Waals surface area contributed by atoms with Gasteiger partial charge >= 0.3 is 6.18 Å². The van der Waals surface area contributed by atoms with Crippen molar-refractivity contribution in [1.82, 2.24) is 10.3 Å². The average Bonchev–Trinajstić information content (AvgIpc) is 3.01. The number of nitrogens with one attached hydrogen (secondary N) is 1. The highest BCUT2D eigenvalue weighted by Crippen LogP contribution is 2.40. The summed E-state index contributed by atoms with van der Waals surface area (Å²) in [5, 5.41) is 12.0. The Balaban J connectivity index is 1.84. The van der Waals surface area contributed by atoms with Crippen LogP contribution in [0.3, 0.4) is 0 Å². The van der Waals surface area contributed by atoms with Crippen LogP contribution < -0.4 is 5.32 Å². The zero-order valence-corrected chi connectivity index (χ0v) is 15.0. The zero-order valence-electron chi connectivity index (χ0n) is 12.7. The molecule has 4 nitrogen and oxygen atoms in total. The van der Waals surface area contributed by atoms with Gasteiger partial charge < -0.3 is 10.4 Å². The van der Waals surface area contributed by atoms with Crippen LogP contribution in [0.2, 0.25) is 10.0 Å². The molecule has 3 aromatic rings. The summed E-state index contributed by atoms with van der Waals surface area (Å²) in [6, 6.07) is 6.38. The van der Waals surface area contributed by atoms with Gasteiger partial charge in [-0.05, 0) is 17.7 Å². The molecule has 0 bridgehead atoms. The molecule has 0 fully saturated rings. The number of carbonyl (C=O) groups is 1. The highest BCUT2D eigenvalue weighted by molar-refractivity contribution is 7.20. The van der Waals surface area contributed by atoms with Gasteiger partial charge in [0.15, 0.2) is 10.8 Å². The first-order valence-electron chi connectivity index (χ1n) is 7.09. The van der Waals surface area contributed by atoms with Gasteiger partial charge in [-0.15, -0.1) is 11.3 Å². The maximum Gasteiger partial charge on any atom is 0.416 e. The first-order valence-corrected chi connectivity index (χ1v) is 8.66. The number of fused-ring (bicyclic) bond motifs is 1. The van der Waals surface area contributed by atoms with E-state index in [1.807, 2.05) is 0 Å². The van der Waals surface area contributed by atoms with E-state index in [1.165, 1.54) is 24.3 Å². The van der Waals surface area contributed by atoms with Gasteiger partial charge in [-0.1, -0.05) is 41.4 Å². The fourth-order valence-corrected chi connectivity index (χ4v) is 3.84. The first kappa shape index (κ1) is 18.8. The average molecular weight is 421 g/mol. The van der Waals surface area contributed by atoms with Crippen molar-refractivity contribution in [3.05, 3.63) is 56.5 Å². The van der Waals surface area contributed by atoms with Crippen LogP contribution in [-0.4, -0.2) is 16.0 Å². The quantitative estimate of drug-likeness (QED) is 0.607. The number of carbonyl (C=O) groups excluding carboxylic acids is 1. The Hall–Kier alpha value is -2.03. The predicted octanol–water partition coefficient (Wildman–Crippen LogP) is 5.26. The van der Waals surface area contributed by atoms with Gasteiger partial charge in [0.25, 0.3) is 5.91 Å². The Morgan fingerprint density at radius 1 is 1.27 bits per heavy atom. The van der Waals surface area contributed by atoms with Gasteiger partial charge in [-0.25, -0.2) is 4.98 Å². The van der Waals surface area contributed by atoms with Gasteiger partial charge in [-0.3, -0.25) is 4.79 Å². The molecule has 1 heterocycles. The van der Waals surface area contributed by atoms with Gasteiger partial charge in [0, 0.05) is 6.54 Å². The molecular formula is C16H9Cl2F3N2O2S. The molecular weight excluding hydrogens is 412 g/mol. The minimum Gasteiger partial charge on any atom is -0.505 e. The number of aromatic hydroxyl groups is 1. The summed E-state index contributed by atoms with van der Waals surface area (Å²) in [4.78, 5) is 16.3. The van der Waals surface area contributed by atoms with E-state index in [0.29, 0.717) is 4.70 Å². The number of nitrogens with zero attached hydrogens (tertiary/aromatic N) is 1. The Kier molecular flexibility index (Phi) is 5.01. The van der Waals surface area contributed by atoms with Crippen molar-refractivity contribution >= 4 is 50.7 Å². The van der Waals surface area contributed by atoms with Crippen molar-refractivity contribution < 1.29 is 23.1 Å². The van der Waals surface area contributed by atoms with Crippen LogP contribution in [0.15, 0.2) is 30.3 Å². The highest BCUT2D eigenvalue weighted by Gasteiger charge is 2.32. The number of halogens is 5. The third kappa shape index (κ3) is 3.58. The molecule has 0 radical (unpaired) electrons. The van der Waals surface area contributed by atoms with Gasteiger partial charge in [0.2, 0.25) is 0 Å². The number of amides is 1. The van der Waals surface area contributed by atoms with Crippen LogP contribution in [0.5, 0.6) is 5.75 Å². The van der Waals surface area contributed by atoms with Crippen LogP contribution in [-0.2, 0) is 12.7 Å². The van der Waals surface area contributed by atoms with Gasteiger partial charge in [0.1, 0.15) is 10.5 Å². The Morgan fingerprint density at radius 3 is 2.65 bits per heavy atom. The third-order valence-corrected chi connectivity index (χ3v) is 5.16. The standard InChI is InChI=1S/C16H9Cl2F3N2O2S/c17-9-5-10-12(11(18)13(9)24)23-15(26-10)14(25)22-6-7-3-1-2-4-8(7)16(19,20)21/h1-5,24H,6H2,(H,22,25). The van der Waals surface area contributed by atoms with Crippen LogP contribution in [0.1, 0.15) is 20.9 Å². The molecule has 1 aromatic heterocycles. The van der Waals surface area contributed by atoms with Crippen LogP contribution >= 0.6 is 34.5 Å². The second-order valence-corrected chi connectivity index (χ2v) is 7.04. The molecule has 3 rings (SSSR count). The third-order valence-electron chi connectivity index (χ3n) is 3.51. The molecule has 2 N–H and O–H groups in total. The number of phenolic OH excluding ortho intramolecular Hbond substituents is 1. The number of hydrogen-bond donors (Lipinski definition) is 2. The smallest absolute Gasteiger partial charge is 0.416 e. The van der Waals surface area contributed by atoms with Crippen LogP contribution in [0.4, 0.5) is 13.2 Å². The number of hydrogen-bond acceptors (Lipinski definition) is 4. The summed E-state index contributed by atoms with van der Waals surface area (Å²) in [5.41, 5.74) is -0.683. The Bertz CT molecular complexity index is 1010. The van der Waals surface area contributed by atoms with Crippen molar-refractivity contribution in [3.63, 3.8) is 0 Å². The lowest BCUT2D eigenvalue weighted by atomic mass is 10.1. The lowest BCUT2D eigenvalue weighted by molar-refractivity contribution is -0.138. The number of thiazole rings is 1. The molecule has 0 aliphatic carbocycles.